The summed E-state index contributed by atoms with van der Waals surface area (Å²) in [5.74, 6) is 0. The normalized spacial score (nSPS) is 16.0. The maximum Gasteiger partial charge on any atom is 0.145 e. The number of halogens is 1. The summed E-state index contributed by atoms with van der Waals surface area (Å²) in [5.41, 5.74) is 14.9. The van der Waals surface area contributed by atoms with E-state index in [0.29, 0.717) is 0 Å². The second-order valence-electron chi connectivity index (χ2n) is 12.4. The third-order valence-electron chi connectivity index (χ3n) is 10.3. The highest BCUT2D eigenvalue weighted by atomic mass is 79.9. The first-order valence-electron chi connectivity index (χ1n) is 15.6. The minimum absolute atomic E-state index is 0.494. The van der Waals surface area contributed by atoms with E-state index < -0.39 is 5.41 Å². The van der Waals surface area contributed by atoms with Gasteiger partial charge in [0.05, 0.1) is 27.5 Å². The van der Waals surface area contributed by atoms with Crippen molar-refractivity contribution in [2.45, 2.75) is 5.41 Å². The summed E-state index contributed by atoms with van der Waals surface area (Å²) in [4.78, 5) is 4.46. The van der Waals surface area contributed by atoms with Crippen LogP contribution in [0.1, 0.15) is 22.3 Å². The van der Waals surface area contributed by atoms with Crippen LogP contribution in [0.3, 0.4) is 0 Å². The lowest BCUT2D eigenvalue weighted by molar-refractivity contribution is 0.673. The Kier molecular flexibility index (Phi) is 4.65. The molecule has 1 aliphatic carbocycles. The van der Waals surface area contributed by atoms with E-state index in [1.165, 1.54) is 50.0 Å². The molecule has 1 unspecified atom stereocenters. The van der Waals surface area contributed by atoms with Gasteiger partial charge in [0.25, 0.3) is 0 Å². The molecule has 0 saturated carbocycles. The molecule has 214 valence electrons. The number of aromatic nitrogens is 2. The number of hydrogen-bond acceptors (Lipinski definition) is 2. The molecule has 9 aromatic rings. The third-order valence-corrected chi connectivity index (χ3v) is 10.8. The predicted molar refractivity (Wildman–Crippen MR) is 190 cm³/mol. The zero-order valence-electron chi connectivity index (χ0n) is 24.5. The van der Waals surface area contributed by atoms with Gasteiger partial charge in [0.2, 0.25) is 0 Å². The maximum absolute atomic E-state index is 6.69. The lowest BCUT2D eigenvalue weighted by atomic mass is 9.65. The van der Waals surface area contributed by atoms with Crippen molar-refractivity contribution in [3.8, 4) is 27.9 Å². The van der Waals surface area contributed by atoms with Crippen molar-refractivity contribution >= 4 is 59.7 Å². The molecule has 6 aromatic carbocycles. The minimum atomic E-state index is -0.494. The summed E-state index contributed by atoms with van der Waals surface area (Å²) in [5, 5.41) is 4.65. The first kappa shape index (κ1) is 24.8. The van der Waals surface area contributed by atoms with Gasteiger partial charge in [0, 0.05) is 38.6 Å². The van der Waals surface area contributed by atoms with Crippen molar-refractivity contribution in [3.05, 3.63) is 167 Å². The Labute approximate surface area is 272 Å². The first-order chi connectivity index (χ1) is 22.7. The zero-order chi connectivity index (χ0) is 30.1. The summed E-state index contributed by atoms with van der Waals surface area (Å²) in [7, 11) is 0. The van der Waals surface area contributed by atoms with Crippen LogP contribution in [-0.4, -0.2) is 9.55 Å². The quantitative estimate of drug-likeness (QED) is 0.177. The molecule has 0 bridgehead atoms. The van der Waals surface area contributed by atoms with E-state index in [-0.39, 0.29) is 0 Å². The van der Waals surface area contributed by atoms with E-state index in [2.05, 4.69) is 141 Å². The summed E-state index contributed by atoms with van der Waals surface area (Å²) in [6.07, 6.45) is 3.78. The zero-order valence-corrected chi connectivity index (χ0v) is 26.0. The molecule has 46 heavy (non-hydrogen) atoms. The van der Waals surface area contributed by atoms with E-state index in [0.717, 1.165) is 48.4 Å². The number of rotatable bonds is 1. The van der Waals surface area contributed by atoms with Crippen LogP contribution < -0.4 is 0 Å². The van der Waals surface area contributed by atoms with Crippen LogP contribution in [0.15, 0.2) is 149 Å². The van der Waals surface area contributed by atoms with Crippen LogP contribution in [0.25, 0.3) is 71.7 Å². The first-order valence-corrected chi connectivity index (χ1v) is 16.4. The van der Waals surface area contributed by atoms with Crippen molar-refractivity contribution in [2.24, 2.45) is 0 Å². The number of nitrogens with zero attached hydrogens (tertiary/aromatic N) is 2. The molecule has 1 spiro atoms. The Balaban J connectivity index is 1.38. The van der Waals surface area contributed by atoms with Crippen LogP contribution in [0.4, 0.5) is 0 Å². The van der Waals surface area contributed by atoms with Gasteiger partial charge in [0.15, 0.2) is 0 Å². The Morgan fingerprint density at radius 1 is 0.609 bits per heavy atom. The second kappa shape index (κ2) is 8.63. The van der Waals surface area contributed by atoms with Gasteiger partial charge in [-0.3, -0.25) is 4.98 Å². The van der Waals surface area contributed by atoms with Crippen LogP contribution in [0.5, 0.6) is 0 Å². The van der Waals surface area contributed by atoms with E-state index in [9.17, 15) is 0 Å². The smallest absolute Gasteiger partial charge is 0.145 e. The number of benzene rings is 6. The Hall–Kier alpha value is -5.45. The Bertz CT molecular complexity index is 2770. The molecular weight excluding hydrogens is 628 g/mol. The van der Waals surface area contributed by atoms with Gasteiger partial charge in [-0.15, -0.1) is 0 Å². The second-order valence-corrected chi connectivity index (χ2v) is 13.3. The van der Waals surface area contributed by atoms with Crippen molar-refractivity contribution < 1.29 is 4.42 Å². The molecule has 3 nitrogen and oxygen atoms in total. The van der Waals surface area contributed by atoms with Crippen molar-refractivity contribution in [1.82, 2.24) is 9.55 Å². The standard InChI is InChI=1S/C42H23BrN2O/c43-26-15-18-33-31(22-26)27-8-1-3-11-32(27)42(33)34-17-14-24(25-7-6-20-44-23-25)21-37(34)45-36-19-16-29-28-9-2-4-13-38(28)46-41(29)39(36)30-10-5-12-35(42)40(30)45/h1-23H. The van der Waals surface area contributed by atoms with Gasteiger partial charge < -0.3 is 8.98 Å². The molecule has 0 fully saturated rings. The molecule has 2 aliphatic rings. The molecule has 0 amide bonds. The number of fused-ring (bicyclic) bond motifs is 16. The summed E-state index contributed by atoms with van der Waals surface area (Å²) in [6, 6.07) is 46.6. The highest BCUT2D eigenvalue weighted by molar-refractivity contribution is 9.10. The van der Waals surface area contributed by atoms with Gasteiger partial charge in [-0.2, -0.15) is 0 Å². The largest absolute Gasteiger partial charge is 0.455 e. The van der Waals surface area contributed by atoms with Crippen LogP contribution >= 0.6 is 15.9 Å². The monoisotopic (exact) mass is 650 g/mol. The van der Waals surface area contributed by atoms with Crippen LogP contribution in [0.2, 0.25) is 0 Å². The lowest BCUT2D eigenvalue weighted by Gasteiger charge is -2.39. The van der Waals surface area contributed by atoms with Crippen molar-refractivity contribution in [1.29, 1.82) is 0 Å². The van der Waals surface area contributed by atoms with Gasteiger partial charge in [0.1, 0.15) is 11.2 Å². The van der Waals surface area contributed by atoms with Gasteiger partial charge in [-0.05, 0) is 81.4 Å². The third kappa shape index (κ3) is 2.87. The van der Waals surface area contributed by atoms with Gasteiger partial charge in [-0.1, -0.05) is 101 Å². The van der Waals surface area contributed by atoms with E-state index in [1.54, 1.807) is 0 Å². The van der Waals surface area contributed by atoms with Gasteiger partial charge >= 0.3 is 0 Å². The molecule has 0 N–H and O–H groups in total. The molecule has 0 radical (unpaired) electrons. The highest BCUT2D eigenvalue weighted by Crippen LogP contribution is 2.61. The Morgan fingerprint density at radius 3 is 2.37 bits per heavy atom. The topological polar surface area (TPSA) is 31.0 Å². The van der Waals surface area contributed by atoms with Gasteiger partial charge in [-0.25, -0.2) is 0 Å². The summed E-state index contributed by atoms with van der Waals surface area (Å²) < 4.78 is 10.3. The number of furan rings is 1. The molecular formula is C42H23BrN2O. The van der Waals surface area contributed by atoms with Crippen molar-refractivity contribution in [2.75, 3.05) is 0 Å². The SMILES string of the molecule is Brc1ccc2c(c1)-c1ccccc1C21c2ccc(-c3cccnc3)cc2-n2c3ccc4c5ccccc5oc4c3c3cccc1c32. The molecule has 1 atom stereocenters. The molecule has 4 heterocycles. The van der Waals surface area contributed by atoms with Crippen molar-refractivity contribution in [3.63, 3.8) is 0 Å². The maximum atomic E-state index is 6.69. The van der Waals surface area contributed by atoms with E-state index in [1.807, 2.05) is 24.5 Å². The number of hydrogen-bond donors (Lipinski definition) is 0. The average molecular weight is 652 g/mol. The summed E-state index contributed by atoms with van der Waals surface area (Å²) >= 11 is 3.79. The predicted octanol–water partition coefficient (Wildman–Crippen LogP) is 11.2. The molecule has 4 heteroatoms. The van der Waals surface area contributed by atoms with Crippen LogP contribution in [0, 0.1) is 0 Å². The fraction of sp³-hybridized carbons (Fsp3) is 0.0238. The molecule has 3 aromatic heterocycles. The van der Waals surface area contributed by atoms with E-state index >= 15 is 0 Å². The Morgan fingerprint density at radius 2 is 1.43 bits per heavy atom. The number of pyridine rings is 1. The average Bonchev–Trinajstić information content (AvgIpc) is 3.75. The van der Waals surface area contributed by atoms with E-state index in [4.69, 9.17) is 4.42 Å². The minimum Gasteiger partial charge on any atom is -0.455 e. The fourth-order valence-electron chi connectivity index (χ4n) is 8.61. The van der Waals surface area contributed by atoms with Crippen LogP contribution in [-0.2, 0) is 5.41 Å². The lowest BCUT2D eigenvalue weighted by Crippen LogP contribution is -2.33. The number of para-hydroxylation sites is 2. The fourth-order valence-corrected chi connectivity index (χ4v) is 8.97. The summed E-state index contributed by atoms with van der Waals surface area (Å²) in [6.45, 7) is 0. The highest BCUT2D eigenvalue weighted by Gasteiger charge is 2.51. The molecule has 0 saturated heterocycles. The molecule has 1 aliphatic heterocycles. The molecule has 11 rings (SSSR count).